The first-order valence-corrected chi connectivity index (χ1v) is 6.20. The number of hydrogen-bond acceptors (Lipinski definition) is 3. The maximum Gasteiger partial charge on any atom is 0.257 e. The third-order valence-corrected chi connectivity index (χ3v) is 3.08. The molecule has 0 spiro atoms. The summed E-state index contributed by atoms with van der Waals surface area (Å²) in [5, 5.41) is 13.6. The van der Waals surface area contributed by atoms with Crippen LogP contribution in [0, 0.1) is 0 Å². The van der Waals surface area contributed by atoms with Gasteiger partial charge in [0.25, 0.3) is 5.91 Å². The lowest BCUT2D eigenvalue weighted by Gasteiger charge is -2.29. The summed E-state index contributed by atoms with van der Waals surface area (Å²) < 4.78 is 1.80. The summed E-state index contributed by atoms with van der Waals surface area (Å²) in [5.74, 6) is 0.0271. The van der Waals surface area contributed by atoms with Gasteiger partial charge in [-0.1, -0.05) is 6.92 Å². The average Bonchev–Trinajstić information content (AvgIpc) is 2.78. The molecule has 1 amide bonds. The summed E-state index contributed by atoms with van der Waals surface area (Å²) >= 11 is 0. The van der Waals surface area contributed by atoms with Crippen LogP contribution in [0.2, 0.25) is 0 Å². The van der Waals surface area contributed by atoms with Gasteiger partial charge in [-0.2, -0.15) is 5.10 Å². The average molecular weight is 237 g/mol. The zero-order chi connectivity index (χ0) is 12.3. The van der Waals surface area contributed by atoms with Crippen molar-refractivity contribution in [1.29, 1.82) is 0 Å². The van der Waals surface area contributed by atoms with Crippen LogP contribution >= 0.6 is 0 Å². The molecule has 17 heavy (non-hydrogen) atoms. The number of rotatable bonds is 3. The number of hydrogen-bond donors (Lipinski definition) is 1. The van der Waals surface area contributed by atoms with E-state index in [2.05, 4.69) is 12.0 Å². The molecule has 1 saturated heterocycles. The Hall–Kier alpha value is -1.36. The summed E-state index contributed by atoms with van der Waals surface area (Å²) in [6.45, 7) is 4.19. The van der Waals surface area contributed by atoms with Crippen molar-refractivity contribution in [2.24, 2.45) is 0 Å². The molecular weight excluding hydrogens is 218 g/mol. The zero-order valence-electron chi connectivity index (χ0n) is 10.2. The molecule has 1 aromatic rings. The fourth-order valence-electron chi connectivity index (χ4n) is 2.08. The molecule has 1 aliphatic rings. The molecule has 5 nitrogen and oxygen atoms in total. The van der Waals surface area contributed by atoms with E-state index < -0.39 is 0 Å². The lowest BCUT2D eigenvalue weighted by Crippen LogP contribution is -2.39. The van der Waals surface area contributed by atoms with Gasteiger partial charge in [0, 0.05) is 25.8 Å². The van der Waals surface area contributed by atoms with E-state index in [9.17, 15) is 9.90 Å². The Balaban J connectivity index is 1.98. The third kappa shape index (κ3) is 2.85. The van der Waals surface area contributed by atoms with Crippen molar-refractivity contribution in [3.05, 3.63) is 18.0 Å². The van der Waals surface area contributed by atoms with Crippen molar-refractivity contribution in [2.45, 2.75) is 38.8 Å². The molecular formula is C12H19N3O2. The first-order valence-electron chi connectivity index (χ1n) is 6.20. The maximum absolute atomic E-state index is 12.1. The topological polar surface area (TPSA) is 58.4 Å². The molecule has 0 aromatic carbocycles. The summed E-state index contributed by atoms with van der Waals surface area (Å²) in [7, 11) is 0. The van der Waals surface area contributed by atoms with Crippen LogP contribution in [0.1, 0.15) is 36.5 Å². The Morgan fingerprint density at radius 1 is 1.53 bits per heavy atom. The second kappa shape index (κ2) is 5.31. The van der Waals surface area contributed by atoms with E-state index in [4.69, 9.17) is 0 Å². The maximum atomic E-state index is 12.1. The van der Waals surface area contributed by atoms with Gasteiger partial charge in [-0.25, -0.2) is 0 Å². The minimum atomic E-state index is -0.248. The normalized spacial score (nSPS) is 17.4. The number of carbonyl (C=O) groups excluding carboxylic acids is 1. The Morgan fingerprint density at radius 2 is 2.24 bits per heavy atom. The van der Waals surface area contributed by atoms with Crippen LogP contribution in [-0.4, -0.2) is 44.9 Å². The number of carbonyl (C=O) groups is 1. The number of aliphatic hydroxyl groups excluding tert-OH is 1. The number of aliphatic hydroxyl groups is 1. The van der Waals surface area contributed by atoms with Gasteiger partial charge in [0.1, 0.15) is 0 Å². The SMILES string of the molecule is CCCn1cc(C(=O)N2CCC(O)CC2)cn1. The van der Waals surface area contributed by atoms with Crippen LogP contribution < -0.4 is 0 Å². The van der Waals surface area contributed by atoms with Gasteiger partial charge in [-0.15, -0.1) is 0 Å². The first-order chi connectivity index (χ1) is 8.20. The van der Waals surface area contributed by atoms with E-state index in [1.54, 1.807) is 22.0 Å². The molecule has 5 heteroatoms. The quantitative estimate of drug-likeness (QED) is 0.849. The fraction of sp³-hybridized carbons (Fsp3) is 0.667. The highest BCUT2D eigenvalue weighted by atomic mass is 16.3. The number of aromatic nitrogens is 2. The van der Waals surface area contributed by atoms with Crippen molar-refractivity contribution < 1.29 is 9.90 Å². The van der Waals surface area contributed by atoms with Crippen LogP contribution in [0.4, 0.5) is 0 Å². The monoisotopic (exact) mass is 237 g/mol. The lowest BCUT2D eigenvalue weighted by molar-refractivity contribution is 0.0546. The highest BCUT2D eigenvalue weighted by molar-refractivity contribution is 5.93. The number of likely N-dealkylation sites (tertiary alicyclic amines) is 1. The second-order valence-electron chi connectivity index (χ2n) is 4.52. The van der Waals surface area contributed by atoms with E-state index in [1.807, 2.05) is 0 Å². The summed E-state index contributed by atoms with van der Waals surface area (Å²) in [6.07, 6.45) is 5.54. The van der Waals surface area contributed by atoms with Gasteiger partial charge in [-0.05, 0) is 19.3 Å². The molecule has 0 saturated carbocycles. The van der Waals surface area contributed by atoms with Crippen molar-refractivity contribution in [3.63, 3.8) is 0 Å². The Labute approximate surface area is 101 Å². The smallest absolute Gasteiger partial charge is 0.257 e. The Kier molecular flexibility index (Phi) is 3.78. The van der Waals surface area contributed by atoms with E-state index in [0.717, 1.165) is 13.0 Å². The lowest BCUT2D eigenvalue weighted by atomic mass is 10.1. The molecule has 94 valence electrons. The summed E-state index contributed by atoms with van der Waals surface area (Å²) in [4.78, 5) is 13.9. The molecule has 1 fully saturated rings. The first kappa shape index (κ1) is 12.1. The van der Waals surface area contributed by atoms with Crippen LogP contribution in [0.15, 0.2) is 12.4 Å². The van der Waals surface area contributed by atoms with Gasteiger partial charge in [0.15, 0.2) is 0 Å². The van der Waals surface area contributed by atoms with E-state index in [-0.39, 0.29) is 12.0 Å². The Morgan fingerprint density at radius 3 is 2.88 bits per heavy atom. The van der Waals surface area contributed by atoms with Crippen LogP contribution in [-0.2, 0) is 6.54 Å². The van der Waals surface area contributed by atoms with Crippen LogP contribution in [0.3, 0.4) is 0 Å². The fourth-order valence-corrected chi connectivity index (χ4v) is 2.08. The molecule has 0 atom stereocenters. The number of aryl methyl sites for hydroxylation is 1. The predicted molar refractivity (Wildman–Crippen MR) is 63.7 cm³/mol. The van der Waals surface area contributed by atoms with Crippen LogP contribution in [0.5, 0.6) is 0 Å². The number of piperidine rings is 1. The second-order valence-corrected chi connectivity index (χ2v) is 4.52. The minimum absolute atomic E-state index is 0.0271. The molecule has 1 N–H and O–H groups in total. The third-order valence-electron chi connectivity index (χ3n) is 3.08. The number of nitrogens with zero attached hydrogens (tertiary/aromatic N) is 3. The molecule has 2 heterocycles. The minimum Gasteiger partial charge on any atom is -0.393 e. The molecule has 0 radical (unpaired) electrons. The van der Waals surface area contributed by atoms with Crippen molar-refractivity contribution in [3.8, 4) is 0 Å². The van der Waals surface area contributed by atoms with Gasteiger partial charge >= 0.3 is 0 Å². The zero-order valence-corrected chi connectivity index (χ0v) is 10.2. The molecule has 1 aliphatic heterocycles. The summed E-state index contributed by atoms with van der Waals surface area (Å²) in [5.41, 5.74) is 0.648. The standard InChI is InChI=1S/C12H19N3O2/c1-2-5-15-9-10(8-13-15)12(17)14-6-3-11(16)4-7-14/h8-9,11,16H,2-7H2,1H3. The molecule has 0 bridgehead atoms. The van der Waals surface area contributed by atoms with Gasteiger partial charge < -0.3 is 10.0 Å². The van der Waals surface area contributed by atoms with Crippen LogP contribution in [0.25, 0.3) is 0 Å². The Bertz CT molecular complexity index is 381. The molecule has 0 unspecified atom stereocenters. The largest absolute Gasteiger partial charge is 0.393 e. The van der Waals surface area contributed by atoms with E-state index >= 15 is 0 Å². The van der Waals surface area contributed by atoms with Crippen molar-refractivity contribution in [1.82, 2.24) is 14.7 Å². The highest BCUT2D eigenvalue weighted by Gasteiger charge is 2.22. The number of amides is 1. The van der Waals surface area contributed by atoms with Gasteiger partial charge in [0.05, 0.1) is 17.9 Å². The molecule has 0 aliphatic carbocycles. The molecule has 2 rings (SSSR count). The van der Waals surface area contributed by atoms with Crippen molar-refractivity contribution >= 4 is 5.91 Å². The van der Waals surface area contributed by atoms with E-state index in [1.165, 1.54) is 0 Å². The van der Waals surface area contributed by atoms with Gasteiger partial charge in [0.2, 0.25) is 0 Å². The molecule has 1 aromatic heterocycles. The van der Waals surface area contributed by atoms with Crippen molar-refractivity contribution in [2.75, 3.05) is 13.1 Å². The predicted octanol–water partition coefficient (Wildman–Crippen LogP) is 0.890. The van der Waals surface area contributed by atoms with Gasteiger partial charge in [-0.3, -0.25) is 9.48 Å². The highest BCUT2D eigenvalue weighted by Crippen LogP contribution is 2.13. The summed E-state index contributed by atoms with van der Waals surface area (Å²) in [6, 6.07) is 0. The van der Waals surface area contributed by atoms with E-state index in [0.29, 0.717) is 31.5 Å².